The highest BCUT2D eigenvalue weighted by Gasteiger charge is 2.34. The average molecular weight is 710 g/mol. The molecule has 0 radical (unpaired) electrons. The van der Waals surface area contributed by atoms with Crippen molar-refractivity contribution in [1.29, 1.82) is 0 Å². The van der Waals surface area contributed by atoms with Crippen molar-refractivity contribution in [2.75, 3.05) is 9.80 Å². The van der Waals surface area contributed by atoms with E-state index in [1.807, 2.05) is 11.8 Å². The van der Waals surface area contributed by atoms with E-state index in [1.165, 1.54) is 43.1 Å². The number of benzene rings is 8. The number of aromatic nitrogens is 1. The third-order valence-electron chi connectivity index (χ3n) is 10.2. The molecule has 9 aromatic rings. The first-order chi connectivity index (χ1) is 26.8. The van der Waals surface area contributed by atoms with E-state index in [-0.39, 0.29) is 0 Å². The van der Waals surface area contributed by atoms with Crippen LogP contribution in [0.1, 0.15) is 0 Å². The molecule has 0 atom stereocenters. The molecule has 2 heterocycles. The summed E-state index contributed by atoms with van der Waals surface area (Å²) in [5.74, 6) is 1.14. The van der Waals surface area contributed by atoms with Crippen LogP contribution in [0.2, 0.25) is 0 Å². The smallest absolute Gasteiger partial charge is 0.137 e. The number of nitrogens with zero attached hydrogens (tertiary/aromatic N) is 3. The quantitative estimate of drug-likeness (QED) is 0.163. The molecule has 0 unspecified atom stereocenters. The molecule has 0 N–H and O–H groups in total. The highest BCUT2D eigenvalue weighted by Crippen LogP contribution is 2.58. The summed E-state index contributed by atoms with van der Waals surface area (Å²) in [5.41, 5.74) is 12.7. The third-order valence-corrected chi connectivity index (χ3v) is 11.3. The number of hydrogen-bond donors (Lipinski definition) is 0. The lowest BCUT2D eigenvalue weighted by atomic mass is 10.0. The van der Waals surface area contributed by atoms with Gasteiger partial charge in [-0.15, -0.1) is 0 Å². The molecule has 256 valence electrons. The van der Waals surface area contributed by atoms with Crippen LogP contribution < -0.4 is 9.80 Å². The van der Waals surface area contributed by atoms with Crippen LogP contribution in [0, 0.1) is 0 Å². The maximum absolute atomic E-state index is 2.44. The highest BCUT2D eigenvalue weighted by molar-refractivity contribution is 8.00. The van der Waals surface area contributed by atoms with Gasteiger partial charge in [0, 0.05) is 33.0 Å². The molecule has 0 saturated heterocycles. The van der Waals surface area contributed by atoms with Crippen LogP contribution in [0.25, 0.3) is 38.8 Å². The van der Waals surface area contributed by atoms with E-state index in [0.29, 0.717) is 0 Å². The molecule has 1 aromatic heterocycles. The Bertz CT molecular complexity index is 2620. The summed E-state index contributed by atoms with van der Waals surface area (Å²) in [6.07, 6.45) is 0. The van der Waals surface area contributed by atoms with Crippen molar-refractivity contribution in [3.63, 3.8) is 0 Å². The fourth-order valence-corrected chi connectivity index (χ4v) is 8.90. The molecule has 0 fully saturated rings. The normalized spacial score (nSPS) is 12.0. The number of para-hydroxylation sites is 3. The summed E-state index contributed by atoms with van der Waals surface area (Å²) in [6.45, 7) is 0. The molecule has 10 rings (SSSR count). The Hall–Kier alpha value is -6.75. The lowest BCUT2D eigenvalue weighted by Gasteiger charge is -2.33. The van der Waals surface area contributed by atoms with Crippen LogP contribution in [0.4, 0.5) is 34.3 Å². The van der Waals surface area contributed by atoms with Crippen molar-refractivity contribution in [1.82, 2.24) is 4.57 Å². The summed E-state index contributed by atoms with van der Waals surface area (Å²) >= 11 is 1.86. The summed E-state index contributed by atoms with van der Waals surface area (Å²) in [4.78, 5) is 7.31. The topological polar surface area (TPSA) is 11.4 Å². The minimum atomic E-state index is 1.09. The van der Waals surface area contributed by atoms with E-state index in [0.717, 1.165) is 39.8 Å². The van der Waals surface area contributed by atoms with Gasteiger partial charge in [0.1, 0.15) is 5.82 Å². The molecule has 54 heavy (non-hydrogen) atoms. The minimum absolute atomic E-state index is 1.09. The van der Waals surface area contributed by atoms with Gasteiger partial charge in [0.2, 0.25) is 0 Å². The maximum Gasteiger partial charge on any atom is 0.137 e. The molecule has 8 aromatic carbocycles. The van der Waals surface area contributed by atoms with Gasteiger partial charge in [-0.2, -0.15) is 0 Å². The Labute approximate surface area is 320 Å². The Morgan fingerprint density at radius 1 is 0.389 bits per heavy atom. The standard InChI is InChI=1S/C50H35N3S/c1-5-16-36(17-6-1)38-28-32-42(33-29-38)51(43-34-30-39(31-35-43)37-18-7-2-8-19-37)45-25-15-26-46-48(45)49-50(53(46)41-22-11-4-12-23-41)52(40-20-9-3-10-21-40)44-24-13-14-27-47(44)54-49/h1-35H. The molecule has 0 spiro atoms. The zero-order valence-electron chi connectivity index (χ0n) is 29.5. The fourth-order valence-electron chi connectivity index (χ4n) is 7.68. The van der Waals surface area contributed by atoms with Gasteiger partial charge in [-0.1, -0.05) is 151 Å². The first-order valence-electron chi connectivity index (χ1n) is 18.3. The van der Waals surface area contributed by atoms with Crippen LogP contribution >= 0.6 is 11.8 Å². The second kappa shape index (κ2) is 13.7. The van der Waals surface area contributed by atoms with Crippen molar-refractivity contribution < 1.29 is 0 Å². The molecular formula is C50H35N3S. The lowest BCUT2D eigenvalue weighted by molar-refractivity contribution is 1.03. The van der Waals surface area contributed by atoms with Crippen LogP contribution in [-0.2, 0) is 0 Å². The van der Waals surface area contributed by atoms with Gasteiger partial charge < -0.3 is 4.90 Å². The zero-order chi connectivity index (χ0) is 35.8. The van der Waals surface area contributed by atoms with Crippen molar-refractivity contribution in [2.24, 2.45) is 0 Å². The van der Waals surface area contributed by atoms with Crippen molar-refractivity contribution in [2.45, 2.75) is 9.79 Å². The first-order valence-corrected chi connectivity index (χ1v) is 19.1. The van der Waals surface area contributed by atoms with Gasteiger partial charge in [0.15, 0.2) is 0 Å². The second-order valence-electron chi connectivity index (χ2n) is 13.4. The van der Waals surface area contributed by atoms with Gasteiger partial charge in [-0.05, 0) is 95.1 Å². The van der Waals surface area contributed by atoms with Gasteiger partial charge in [-0.25, -0.2) is 0 Å². The maximum atomic E-state index is 2.44. The van der Waals surface area contributed by atoms with Gasteiger partial charge in [0.25, 0.3) is 0 Å². The Balaban J connectivity index is 1.24. The summed E-state index contributed by atoms with van der Waals surface area (Å²) in [6, 6.07) is 76.2. The predicted octanol–water partition coefficient (Wildman–Crippen LogP) is 14.4. The molecule has 1 aliphatic rings. The monoisotopic (exact) mass is 709 g/mol. The third kappa shape index (κ3) is 5.56. The molecule has 0 bridgehead atoms. The Morgan fingerprint density at radius 3 is 1.44 bits per heavy atom. The molecule has 0 saturated carbocycles. The average Bonchev–Trinajstić information content (AvgIpc) is 3.59. The van der Waals surface area contributed by atoms with Gasteiger partial charge in [-0.3, -0.25) is 9.47 Å². The number of fused-ring (bicyclic) bond motifs is 4. The number of anilines is 6. The van der Waals surface area contributed by atoms with E-state index < -0.39 is 0 Å². The van der Waals surface area contributed by atoms with Crippen LogP contribution in [0.3, 0.4) is 0 Å². The second-order valence-corrected chi connectivity index (χ2v) is 14.4. The molecule has 0 aliphatic carbocycles. The molecular weight excluding hydrogens is 675 g/mol. The largest absolute Gasteiger partial charge is 0.310 e. The van der Waals surface area contributed by atoms with E-state index in [4.69, 9.17) is 0 Å². The van der Waals surface area contributed by atoms with Crippen molar-refractivity contribution >= 4 is 56.9 Å². The predicted molar refractivity (Wildman–Crippen MR) is 228 cm³/mol. The Morgan fingerprint density at radius 2 is 0.870 bits per heavy atom. The highest BCUT2D eigenvalue weighted by atomic mass is 32.2. The minimum Gasteiger partial charge on any atom is -0.310 e. The summed E-state index contributed by atoms with van der Waals surface area (Å²) in [5, 5.41) is 1.20. The number of rotatable bonds is 7. The lowest BCUT2D eigenvalue weighted by Crippen LogP contribution is -2.17. The Kier molecular flexibility index (Phi) is 8.08. The van der Waals surface area contributed by atoms with E-state index >= 15 is 0 Å². The van der Waals surface area contributed by atoms with Crippen LogP contribution in [0.15, 0.2) is 222 Å². The van der Waals surface area contributed by atoms with Crippen LogP contribution in [-0.4, -0.2) is 4.57 Å². The van der Waals surface area contributed by atoms with Crippen LogP contribution in [0.5, 0.6) is 0 Å². The van der Waals surface area contributed by atoms with Crippen molar-refractivity contribution in [3.8, 4) is 27.9 Å². The fraction of sp³-hybridized carbons (Fsp3) is 0. The molecule has 4 heteroatoms. The van der Waals surface area contributed by atoms with E-state index in [9.17, 15) is 0 Å². The molecule has 0 amide bonds. The van der Waals surface area contributed by atoms with Crippen molar-refractivity contribution in [3.05, 3.63) is 212 Å². The van der Waals surface area contributed by atoms with Gasteiger partial charge in [0.05, 0.1) is 21.8 Å². The first kappa shape index (κ1) is 31.9. The van der Waals surface area contributed by atoms with Gasteiger partial charge >= 0.3 is 0 Å². The summed E-state index contributed by atoms with van der Waals surface area (Å²) in [7, 11) is 0. The molecule has 1 aliphatic heterocycles. The van der Waals surface area contributed by atoms with E-state index in [1.54, 1.807) is 0 Å². The number of hydrogen-bond acceptors (Lipinski definition) is 3. The zero-order valence-corrected chi connectivity index (χ0v) is 30.3. The summed E-state index contributed by atoms with van der Waals surface area (Å²) < 4.78 is 2.44. The SMILES string of the molecule is c1ccc(-c2ccc(N(c3ccc(-c4ccccc4)cc3)c3cccc4c3c3c(n4-c4ccccc4)N(c4ccccc4)c4ccccc4S3)cc2)cc1. The molecule has 3 nitrogen and oxygen atoms in total. The van der Waals surface area contributed by atoms with E-state index in [2.05, 4.69) is 227 Å².